The second-order valence-corrected chi connectivity index (χ2v) is 6.61. The first-order chi connectivity index (χ1) is 13.3. The topological polar surface area (TPSA) is 53.6 Å². The zero-order valence-corrected chi connectivity index (χ0v) is 17.9. The number of rotatable bonds is 5. The van der Waals surface area contributed by atoms with E-state index in [2.05, 4.69) is 20.3 Å². The van der Waals surface area contributed by atoms with Gasteiger partial charge in [-0.1, -0.05) is 24.3 Å². The lowest BCUT2D eigenvalue weighted by Crippen LogP contribution is -2.45. The standard InChI is InChI=1S/C20H22F3N3O2.2ClH/c1-14(27)25-17-6-2-15(3-7-17)19(26-12-10-24-11-13-26)16-4-8-18(9-5-16)28-20(21,22)23;;/h2-9,19,24H,10-13H2,1H3,(H,25,27);2*1H/t19-;;/m0../s1. The summed E-state index contributed by atoms with van der Waals surface area (Å²) in [6, 6.07) is 13.4. The van der Waals surface area contributed by atoms with E-state index in [1.54, 1.807) is 12.1 Å². The van der Waals surface area contributed by atoms with Crippen LogP contribution in [-0.2, 0) is 4.79 Å². The minimum Gasteiger partial charge on any atom is -0.406 e. The molecule has 2 N–H and O–H groups in total. The minimum absolute atomic E-state index is 0. The van der Waals surface area contributed by atoms with Crippen molar-refractivity contribution in [2.75, 3.05) is 31.5 Å². The summed E-state index contributed by atoms with van der Waals surface area (Å²) in [5, 5.41) is 6.04. The lowest BCUT2D eigenvalue weighted by molar-refractivity contribution is -0.274. The van der Waals surface area contributed by atoms with E-state index in [1.165, 1.54) is 19.1 Å². The molecule has 10 heteroatoms. The first kappa shape index (κ1) is 26.0. The van der Waals surface area contributed by atoms with Crippen LogP contribution >= 0.6 is 24.8 Å². The third kappa shape index (κ3) is 7.36. The molecule has 0 unspecified atom stereocenters. The zero-order valence-electron chi connectivity index (χ0n) is 16.2. The molecule has 1 aliphatic heterocycles. The van der Waals surface area contributed by atoms with E-state index in [4.69, 9.17) is 0 Å². The maximum atomic E-state index is 12.4. The Labute approximate surface area is 185 Å². The van der Waals surface area contributed by atoms with Crippen molar-refractivity contribution in [3.63, 3.8) is 0 Å². The molecular formula is C20H24Cl2F3N3O2. The third-order valence-electron chi connectivity index (χ3n) is 4.49. The van der Waals surface area contributed by atoms with Crippen LogP contribution in [-0.4, -0.2) is 43.3 Å². The maximum Gasteiger partial charge on any atom is 0.573 e. The highest BCUT2D eigenvalue weighted by Gasteiger charge is 2.31. The molecule has 2 aromatic carbocycles. The summed E-state index contributed by atoms with van der Waals surface area (Å²) in [5.41, 5.74) is 2.58. The Kier molecular flexibility index (Phi) is 9.90. The molecular weight excluding hydrogens is 442 g/mol. The van der Waals surface area contributed by atoms with E-state index in [9.17, 15) is 18.0 Å². The molecule has 30 heavy (non-hydrogen) atoms. The summed E-state index contributed by atoms with van der Waals surface area (Å²) in [4.78, 5) is 13.5. The van der Waals surface area contributed by atoms with Gasteiger partial charge in [0, 0.05) is 38.8 Å². The Morgan fingerprint density at radius 3 is 1.97 bits per heavy atom. The molecule has 0 saturated carbocycles. The van der Waals surface area contributed by atoms with Crippen molar-refractivity contribution in [1.29, 1.82) is 0 Å². The normalized spacial score (nSPS) is 15.3. The number of hydrogen-bond acceptors (Lipinski definition) is 4. The molecule has 0 radical (unpaired) electrons. The first-order valence-electron chi connectivity index (χ1n) is 9.00. The molecule has 5 nitrogen and oxygen atoms in total. The number of nitrogens with zero attached hydrogens (tertiary/aromatic N) is 1. The zero-order chi connectivity index (χ0) is 20.1. The van der Waals surface area contributed by atoms with Gasteiger partial charge in [-0.2, -0.15) is 0 Å². The summed E-state index contributed by atoms with van der Waals surface area (Å²) < 4.78 is 41.2. The van der Waals surface area contributed by atoms with Crippen LogP contribution in [0.2, 0.25) is 0 Å². The fourth-order valence-electron chi connectivity index (χ4n) is 3.36. The number of nitrogens with one attached hydrogen (secondary N) is 2. The van der Waals surface area contributed by atoms with E-state index in [1.807, 2.05) is 24.3 Å². The number of benzene rings is 2. The fourth-order valence-corrected chi connectivity index (χ4v) is 3.36. The average Bonchev–Trinajstić information content (AvgIpc) is 2.64. The van der Waals surface area contributed by atoms with E-state index in [-0.39, 0.29) is 42.5 Å². The Morgan fingerprint density at radius 1 is 1.00 bits per heavy atom. The summed E-state index contributed by atoms with van der Waals surface area (Å²) >= 11 is 0. The SMILES string of the molecule is CC(=O)Nc1ccc([C@@H](c2ccc(OC(F)(F)F)cc2)N2CCNCC2)cc1.Cl.Cl. The Bertz CT molecular complexity index is 796. The molecule has 1 saturated heterocycles. The maximum absolute atomic E-state index is 12.4. The van der Waals surface area contributed by atoms with Crippen molar-refractivity contribution in [2.45, 2.75) is 19.3 Å². The molecule has 0 aliphatic carbocycles. The number of amides is 1. The van der Waals surface area contributed by atoms with Gasteiger partial charge >= 0.3 is 6.36 Å². The van der Waals surface area contributed by atoms with Gasteiger partial charge in [0.15, 0.2) is 0 Å². The molecule has 1 atom stereocenters. The Balaban J connectivity index is 0.00000225. The molecule has 1 amide bonds. The van der Waals surface area contributed by atoms with Gasteiger partial charge in [0.05, 0.1) is 6.04 Å². The van der Waals surface area contributed by atoms with Gasteiger partial charge in [-0.05, 0) is 35.4 Å². The van der Waals surface area contributed by atoms with Crippen LogP contribution in [0, 0.1) is 0 Å². The van der Waals surface area contributed by atoms with Crippen molar-refractivity contribution in [2.24, 2.45) is 0 Å². The predicted octanol–water partition coefficient (Wildman–Crippen LogP) is 4.38. The van der Waals surface area contributed by atoms with Crippen LogP contribution in [0.15, 0.2) is 48.5 Å². The third-order valence-corrected chi connectivity index (χ3v) is 4.49. The van der Waals surface area contributed by atoms with Gasteiger partial charge in [-0.25, -0.2) is 0 Å². The number of alkyl halides is 3. The van der Waals surface area contributed by atoms with Gasteiger partial charge in [0.25, 0.3) is 0 Å². The van der Waals surface area contributed by atoms with Gasteiger partial charge in [-0.3, -0.25) is 9.69 Å². The highest BCUT2D eigenvalue weighted by Crippen LogP contribution is 2.32. The molecule has 1 fully saturated rings. The van der Waals surface area contributed by atoms with E-state index < -0.39 is 6.36 Å². The van der Waals surface area contributed by atoms with Gasteiger partial charge in [0.1, 0.15) is 5.75 Å². The second-order valence-electron chi connectivity index (χ2n) is 6.61. The van der Waals surface area contributed by atoms with Crippen molar-refractivity contribution < 1.29 is 22.7 Å². The lowest BCUT2D eigenvalue weighted by atomic mass is 9.96. The largest absolute Gasteiger partial charge is 0.573 e. The van der Waals surface area contributed by atoms with Crippen LogP contribution in [0.4, 0.5) is 18.9 Å². The number of anilines is 1. The number of ether oxygens (including phenoxy) is 1. The summed E-state index contributed by atoms with van der Waals surface area (Å²) in [5.74, 6) is -0.386. The predicted molar refractivity (Wildman–Crippen MR) is 115 cm³/mol. The number of halogens is 5. The van der Waals surface area contributed by atoms with E-state index in [0.717, 1.165) is 37.3 Å². The number of carbonyl (C=O) groups excluding carboxylic acids is 1. The Hall–Kier alpha value is -2.00. The molecule has 0 spiro atoms. The lowest BCUT2D eigenvalue weighted by Gasteiger charge is -2.35. The molecule has 1 heterocycles. The second kappa shape index (κ2) is 11.4. The van der Waals surface area contributed by atoms with Crippen LogP contribution in [0.25, 0.3) is 0 Å². The number of piperazine rings is 1. The molecule has 0 aromatic heterocycles. The fraction of sp³-hybridized carbons (Fsp3) is 0.350. The van der Waals surface area contributed by atoms with Crippen molar-refractivity contribution in [3.8, 4) is 5.75 Å². The van der Waals surface area contributed by atoms with E-state index >= 15 is 0 Å². The van der Waals surface area contributed by atoms with Crippen LogP contribution in [0.5, 0.6) is 5.75 Å². The molecule has 166 valence electrons. The number of hydrogen-bond donors (Lipinski definition) is 2. The highest BCUT2D eigenvalue weighted by atomic mass is 35.5. The van der Waals surface area contributed by atoms with Crippen molar-refractivity contribution in [1.82, 2.24) is 10.2 Å². The van der Waals surface area contributed by atoms with Gasteiger partial charge < -0.3 is 15.4 Å². The first-order valence-corrected chi connectivity index (χ1v) is 9.00. The van der Waals surface area contributed by atoms with Crippen molar-refractivity contribution in [3.05, 3.63) is 59.7 Å². The van der Waals surface area contributed by atoms with Crippen LogP contribution < -0.4 is 15.4 Å². The smallest absolute Gasteiger partial charge is 0.406 e. The summed E-state index contributed by atoms with van der Waals surface area (Å²) in [6.07, 6.45) is -4.71. The molecule has 2 aromatic rings. The monoisotopic (exact) mass is 465 g/mol. The Morgan fingerprint density at radius 2 is 1.50 bits per heavy atom. The van der Waals surface area contributed by atoms with Gasteiger partial charge in [-0.15, -0.1) is 38.0 Å². The molecule has 0 bridgehead atoms. The van der Waals surface area contributed by atoms with Gasteiger partial charge in [0.2, 0.25) is 5.91 Å². The van der Waals surface area contributed by atoms with Crippen LogP contribution in [0.1, 0.15) is 24.1 Å². The molecule has 3 rings (SSSR count). The molecule has 1 aliphatic rings. The number of carbonyl (C=O) groups is 1. The highest BCUT2D eigenvalue weighted by molar-refractivity contribution is 5.88. The summed E-state index contributed by atoms with van der Waals surface area (Å²) in [7, 11) is 0. The van der Waals surface area contributed by atoms with E-state index in [0.29, 0.717) is 5.69 Å². The van der Waals surface area contributed by atoms with Crippen molar-refractivity contribution >= 4 is 36.4 Å². The van der Waals surface area contributed by atoms with Crippen LogP contribution in [0.3, 0.4) is 0 Å². The quantitative estimate of drug-likeness (QED) is 0.687. The average molecular weight is 466 g/mol. The minimum atomic E-state index is -4.71. The summed E-state index contributed by atoms with van der Waals surface area (Å²) in [6.45, 7) is 4.77.